The third-order valence-electron chi connectivity index (χ3n) is 4.59. The van der Waals surface area contributed by atoms with E-state index < -0.39 is 17.6 Å². The highest BCUT2D eigenvalue weighted by Crippen LogP contribution is 2.31. The van der Waals surface area contributed by atoms with Gasteiger partial charge in [0, 0.05) is 31.5 Å². The minimum absolute atomic E-state index is 0.164. The quantitative estimate of drug-likeness (QED) is 0.474. The Labute approximate surface area is 175 Å². The number of amides is 2. The first-order valence-corrected chi connectivity index (χ1v) is 9.99. The molecule has 0 unspecified atom stereocenters. The second kappa shape index (κ2) is 10.0. The number of nitrogens with one attached hydrogen (secondary N) is 1. The van der Waals surface area contributed by atoms with Gasteiger partial charge in [-0.05, 0) is 50.1 Å². The Morgan fingerprint density at radius 3 is 2.47 bits per heavy atom. The summed E-state index contributed by atoms with van der Waals surface area (Å²) in [6.07, 6.45) is 0.537. The van der Waals surface area contributed by atoms with Crippen LogP contribution in [0.4, 0.5) is 10.1 Å². The Balaban J connectivity index is 1.92. The van der Waals surface area contributed by atoms with Crippen molar-refractivity contribution in [3.8, 4) is 5.75 Å². The highest BCUT2D eigenvalue weighted by Gasteiger charge is 2.38. The molecule has 0 spiro atoms. The van der Waals surface area contributed by atoms with Gasteiger partial charge in [-0.2, -0.15) is 0 Å². The number of rotatable bonds is 10. The number of halogens is 1. The molecule has 0 aliphatic carbocycles. The SMILES string of the molecule is CCOCCCN1C(=O)C(Nc2cccc(OCC)c2)=C(c2ccc(F)cc2)C1=O. The Bertz CT molecular complexity index is 940. The van der Waals surface area contributed by atoms with Crippen LogP contribution in [0.5, 0.6) is 5.75 Å². The molecule has 0 bridgehead atoms. The van der Waals surface area contributed by atoms with E-state index in [1.54, 1.807) is 18.2 Å². The number of anilines is 1. The third-order valence-corrected chi connectivity index (χ3v) is 4.59. The summed E-state index contributed by atoms with van der Waals surface area (Å²) in [7, 11) is 0. The van der Waals surface area contributed by atoms with Crippen LogP contribution in [0.2, 0.25) is 0 Å². The number of carbonyl (C=O) groups is 2. The number of nitrogens with zero attached hydrogens (tertiary/aromatic N) is 1. The second-order valence-electron chi connectivity index (χ2n) is 6.66. The van der Waals surface area contributed by atoms with Crippen LogP contribution in [-0.4, -0.2) is 43.1 Å². The monoisotopic (exact) mass is 412 g/mol. The van der Waals surface area contributed by atoms with E-state index in [4.69, 9.17) is 9.47 Å². The van der Waals surface area contributed by atoms with Gasteiger partial charge in [0.05, 0.1) is 12.2 Å². The Hall–Kier alpha value is -3.19. The van der Waals surface area contributed by atoms with Crippen molar-refractivity contribution in [2.45, 2.75) is 20.3 Å². The standard InChI is InChI=1S/C23H25FN2O4/c1-3-29-14-6-13-26-22(27)20(16-9-11-17(24)12-10-16)21(23(26)28)25-18-7-5-8-19(15-18)30-4-2/h5,7-12,15,25H,3-4,6,13-14H2,1-2H3. The molecule has 0 fully saturated rings. The molecule has 0 saturated carbocycles. The van der Waals surface area contributed by atoms with Crippen LogP contribution < -0.4 is 10.1 Å². The molecule has 3 rings (SSSR count). The lowest BCUT2D eigenvalue weighted by Gasteiger charge is -2.15. The van der Waals surface area contributed by atoms with Crippen molar-refractivity contribution in [3.05, 3.63) is 65.6 Å². The number of ether oxygens (including phenoxy) is 2. The van der Waals surface area contributed by atoms with Crippen LogP contribution >= 0.6 is 0 Å². The second-order valence-corrected chi connectivity index (χ2v) is 6.66. The summed E-state index contributed by atoms with van der Waals surface area (Å²) in [6, 6.07) is 12.7. The van der Waals surface area contributed by atoms with E-state index in [1.807, 2.05) is 19.9 Å². The fourth-order valence-electron chi connectivity index (χ4n) is 3.22. The number of benzene rings is 2. The van der Waals surface area contributed by atoms with Gasteiger partial charge < -0.3 is 14.8 Å². The molecular weight excluding hydrogens is 387 g/mol. The highest BCUT2D eigenvalue weighted by atomic mass is 19.1. The maximum absolute atomic E-state index is 13.4. The van der Waals surface area contributed by atoms with E-state index in [2.05, 4.69) is 5.32 Å². The summed E-state index contributed by atoms with van der Waals surface area (Å²) in [4.78, 5) is 27.4. The van der Waals surface area contributed by atoms with Gasteiger partial charge in [0.25, 0.3) is 11.8 Å². The van der Waals surface area contributed by atoms with Crippen molar-refractivity contribution in [3.63, 3.8) is 0 Å². The molecule has 1 aliphatic heterocycles. The van der Waals surface area contributed by atoms with E-state index >= 15 is 0 Å². The molecule has 2 aromatic rings. The zero-order valence-corrected chi connectivity index (χ0v) is 17.1. The summed E-state index contributed by atoms with van der Waals surface area (Å²) < 4.78 is 24.2. The maximum Gasteiger partial charge on any atom is 0.278 e. The zero-order valence-electron chi connectivity index (χ0n) is 17.1. The van der Waals surface area contributed by atoms with Crippen LogP contribution in [0.1, 0.15) is 25.8 Å². The molecule has 1 N–H and O–H groups in total. The number of hydrogen-bond acceptors (Lipinski definition) is 5. The van der Waals surface area contributed by atoms with Crippen LogP contribution in [0.25, 0.3) is 5.57 Å². The average molecular weight is 412 g/mol. The zero-order chi connectivity index (χ0) is 21.5. The van der Waals surface area contributed by atoms with Crippen LogP contribution in [0, 0.1) is 5.82 Å². The van der Waals surface area contributed by atoms with Crippen molar-refractivity contribution >= 4 is 23.1 Å². The lowest BCUT2D eigenvalue weighted by molar-refractivity contribution is -0.137. The molecule has 0 saturated heterocycles. The fourth-order valence-corrected chi connectivity index (χ4v) is 3.22. The molecule has 6 nitrogen and oxygen atoms in total. The fraction of sp³-hybridized carbons (Fsp3) is 0.304. The predicted octanol–water partition coefficient (Wildman–Crippen LogP) is 3.84. The lowest BCUT2D eigenvalue weighted by Crippen LogP contribution is -2.34. The summed E-state index contributed by atoms with van der Waals surface area (Å²) in [5.41, 5.74) is 1.48. The van der Waals surface area contributed by atoms with Crippen molar-refractivity contribution < 1.29 is 23.5 Å². The maximum atomic E-state index is 13.4. The molecule has 0 atom stereocenters. The Morgan fingerprint density at radius 2 is 1.77 bits per heavy atom. The van der Waals surface area contributed by atoms with Gasteiger partial charge in [0.1, 0.15) is 17.3 Å². The summed E-state index contributed by atoms with van der Waals surface area (Å²) in [6.45, 7) is 5.56. The third kappa shape index (κ3) is 4.86. The topological polar surface area (TPSA) is 67.9 Å². The molecule has 158 valence electrons. The molecule has 30 heavy (non-hydrogen) atoms. The summed E-state index contributed by atoms with van der Waals surface area (Å²) in [5.74, 6) is -0.593. The first kappa shape index (κ1) is 21.5. The normalized spacial score (nSPS) is 13.9. The Morgan fingerprint density at radius 1 is 1.00 bits per heavy atom. The van der Waals surface area contributed by atoms with Gasteiger partial charge in [-0.15, -0.1) is 0 Å². The minimum atomic E-state index is -0.419. The van der Waals surface area contributed by atoms with Crippen LogP contribution in [0.15, 0.2) is 54.2 Å². The van der Waals surface area contributed by atoms with Crippen LogP contribution in [0.3, 0.4) is 0 Å². The first-order valence-electron chi connectivity index (χ1n) is 9.99. The van der Waals surface area contributed by atoms with E-state index in [9.17, 15) is 14.0 Å². The van der Waals surface area contributed by atoms with Gasteiger partial charge in [0.15, 0.2) is 0 Å². The smallest absolute Gasteiger partial charge is 0.278 e. The van der Waals surface area contributed by atoms with Gasteiger partial charge in [-0.3, -0.25) is 14.5 Å². The lowest BCUT2D eigenvalue weighted by atomic mass is 10.0. The minimum Gasteiger partial charge on any atom is -0.494 e. The molecule has 2 aromatic carbocycles. The summed E-state index contributed by atoms with van der Waals surface area (Å²) in [5, 5.41) is 3.08. The van der Waals surface area contributed by atoms with Gasteiger partial charge in [-0.1, -0.05) is 18.2 Å². The number of imide groups is 1. The van der Waals surface area contributed by atoms with E-state index in [0.717, 1.165) is 0 Å². The predicted molar refractivity (Wildman–Crippen MR) is 112 cm³/mol. The highest BCUT2D eigenvalue weighted by molar-refractivity contribution is 6.36. The Kier molecular flexibility index (Phi) is 7.19. The average Bonchev–Trinajstić information content (AvgIpc) is 2.96. The van der Waals surface area contributed by atoms with E-state index in [1.165, 1.54) is 29.2 Å². The molecular formula is C23H25FN2O4. The molecule has 1 heterocycles. The van der Waals surface area contributed by atoms with E-state index in [-0.39, 0.29) is 17.8 Å². The largest absolute Gasteiger partial charge is 0.494 e. The first-order chi connectivity index (χ1) is 14.5. The van der Waals surface area contributed by atoms with Crippen LogP contribution in [-0.2, 0) is 14.3 Å². The molecule has 2 amide bonds. The molecule has 0 aromatic heterocycles. The molecule has 7 heteroatoms. The van der Waals surface area contributed by atoms with E-state index in [0.29, 0.717) is 43.2 Å². The van der Waals surface area contributed by atoms with Gasteiger partial charge in [-0.25, -0.2) is 4.39 Å². The molecule has 1 aliphatic rings. The van der Waals surface area contributed by atoms with Gasteiger partial charge >= 0.3 is 0 Å². The molecule has 0 radical (unpaired) electrons. The van der Waals surface area contributed by atoms with Crippen molar-refractivity contribution in [2.75, 3.05) is 31.7 Å². The van der Waals surface area contributed by atoms with Crippen molar-refractivity contribution in [1.29, 1.82) is 0 Å². The van der Waals surface area contributed by atoms with Crippen molar-refractivity contribution in [2.24, 2.45) is 0 Å². The number of hydrogen-bond donors (Lipinski definition) is 1. The summed E-state index contributed by atoms with van der Waals surface area (Å²) >= 11 is 0. The van der Waals surface area contributed by atoms with Gasteiger partial charge in [0.2, 0.25) is 0 Å². The van der Waals surface area contributed by atoms with Crippen molar-refractivity contribution in [1.82, 2.24) is 4.90 Å². The number of carbonyl (C=O) groups excluding carboxylic acids is 2.